The van der Waals surface area contributed by atoms with E-state index in [1.807, 2.05) is 20.8 Å². The van der Waals surface area contributed by atoms with Gasteiger partial charge in [-0.15, -0.1) is 12.4 Å². The van der Waals surface area contributed by atoms with Gasteiger partial charge in [0.1, 0.15) is 5.75 Å². The number of ether oxygens (including phenoxy) is 1. The number of hydrogen-bond acceptors (Lipinski definition) is 4. The maximum absolute atomic E-state index is 12.9. The van der Waals surface area contributed by atoms with Crippen LogP contribution >= 0.6 is 12.4 Å². The Hall–Kier alpha value is -0.820. The molecule has 0 atom stereocenters. The number of sulfonamides is 1. The molecule has 1 aliphatic carbocycles. The van der Waals surface area contributed by atoms with E-state index in [2.05, 4.69) is 5.32 Å². The molecule has 0 unspecified atom stereocenters. The monoisotopic (exact) mass is 402 g/mol. The number of aryl methyl sites for hydroxylation is 1. The minimum absolute atomic E-state index is 0. The maximum Gasteiger partial charge on any atom is 0.243 e. The lowest BCUT2D eigenvalue weighted by atomic mass is 10.1. The molecule has 26 heavy (non-hydrogen) atoms. The maximum atomic E-state index is 12.9. The first kappa shape index (κ1) is 21.5. The molecule has 7 heteroatoms. The van der Waals surface area contributed by atoms with Crippen molar-refractivity contribution in [2.75, 3.05) is 19.6 Å². The van der Waals surface area contributed by atoms with Gasteiger partial charge in [0, 0.05) is 19.1 Å². The zero-order valence-corrected chi connectivity index (χ0v) is 17.5. The third kappa shape index (κ3) is 5.35. The predicted octanol–water partition coefficient (Wildman–Crippen LogP) is 3.36. The van der Waals surface area contributed by atoms with E-state index in [9.17, 15) is 8.42 Å². The minimum atomic E-state index is -3.42. The van der Waals surface area contributed by atoms with Crippen LogP contribution in [0.3, 0.4) is 0 Å². The summed E-state index contributed by atoms with van der Waals surface area (Å²) in [7, 11) is -3.42. The number of nitrogens with zero attached hydrogens (tertiary/aromatic N) is 1. The zero-order chi connectivity index (χ0) is 18.0. The number of piperidine rings is 1. The van der Waals surface area contributed by atoms with E-state index in [-0.39, 0.29) is 18.5 Å². The summed E-state index contributed by atoms with van der Waals surface area (Å²) in [6, 6.07) is 5.62. The average molecular weight is 403 g/mol. The molecule has 5 nitrogen and oxygen atoms in total. The van der Waals surface area contributed by atoms with Gasteiger partial charge in [-0.05, 0) is 82.7 Å². The minimum Gasteiger partial charge on any atom is -0.491 e. The van der Waals surface area contributed by atoms with Crippen LogP contribution in [0.2, 0.25) is 0 Å². The molecule has 0 spiro atoms. The lowest BCUT2D eigenvalue weighted by Crippen LogP contribution is -2.45. The van der Waals surface area contributed by atoms with Crippen molar-refractivity contribution in [3.63, 3.8) is 0 Å². The number of benzene rings is 1. The highest BCUT2D eigenvalue weighted by molar-refractivity contribution is 7.89. The van der Waals surface area contributed by atoms with E-state index >= 15 is 0 Å². The van der Waals surface area contributed by atoms with Gasteiger partial charge in [-0.3, -0.25) is 0 Å². The number of hydrogen-bond donors (Lipinski definition) is 1. The van der Waals surface area contributed by atoms with Gasteiger partial charge in [-0.2, -0.15) is 4.31 Å². The third-order valence-corrected chi connectivity index (χ3v) is 6.89. The lowest BCUT2D eigenvalue weighted by Gasteiger charge is -2.32. The van der Waals surface area contributed by atoms with Crippen molar-refractivity contribution in [3.8, 4) is 5.75 Å². The van der Waals surface area contributed by atoms with Crippen LogP contribution in [0.1, 0.15) is 45.1 Å². The molecule has 1 saturated carbocycles. The largest absolute Gasteiger partial charge is 0.491 e. The Morgan fingerprint density at radius 2 is 1.85 bits per heavy atom. The highest BCUT2D eigenvalue weighted by Gasteiger charge is 2.30. The molecule has 2 fully saturated rings. The Balaban J connectivity index is 0.00000243. The van der Waals surface area contributed by atoms with Gasteiger partial charge in [0.05, 0.1) is 11.0 Å². The summed E-state index contributed by atoms with van der Waals surface area (Å²) >= 11 is 0. The summed E-state index contributed by atoms with van der Waals surface area (Å²) in [6.45, 7) is 8.09. The van der Waals surface area contributed by atoms with Gasteiger partial charge in [-0.1, -0.05) is 0 Å². The molecule has 1 saturated heterocycles. The van der Waals surface area contributed by atoms with Crippen molar-refractivity contribution in [2.45, 2.75) is 63.5 Å². The SMILES string of the molecule is Cc1cc(S(=O)(=O)N2CCC(NCC3CC3)CC2)ccc1OC(C)C.Cl. The van der Waals surface area contributed by atoms with Crippen LogP contribution in [0.15, 0.2) is 23.1 Å². The third-order valence-electron chi connectivity index (χ3n) is 4.99. The molecular formula is C19H31ClN2O3S. The zero-order valence-electron chi connectivity index (χ0n) is 15.9. The second-order valence-corrected chi connectivity index (χ2v) is 9.56. The van der Waals surface area contributed by atoms with Crippen LogP contribution in [-0.2, 0) is 10.0 Å². The van der Waals surface area contributed by atoms with Crippen LogP contribution in [0.4, 0.5) is 0 Å². The van der Waals surface area contributed by atoms with Gasteiger partial charge in [-0.25, -0.2) is 8.42 Å². The van der Waals surface area contributed by atoms with Crippen molar-refractivity contribution in [1.29, 1.82) is 0 Å². The van der Waals surface area contributed by atoms with Gasteiger partial charge in [0.2, 0.25) is 10.0 Å². The summed E-state index contributed by atoms with van der Waals surface area (Å²) in [6.07, 6.45) is 4.54. The van der Waals surface area contributed by atoms with E-state index in [1.165, 1.54) is 12.8 Å². The molecule has 1 aromatic carbocycles. The van der Waals surface area contributed by atoms with Crippen molar-refractivity contribution in [3.05, 3.63) is 23.8 Å². The van der Waals surface area contributed by atoms with Crippen LogP contribution in [0.5, 0.6) is 5.75 Å². The lowest BCUT2D eigenvalue weighted by molar-refractivity contribution is 0.240. The summed E-state index contributed by atoms with van der Waals surface area (Å²) in [5.74, 6) is 1.60. The number of nitrogens with one attached hydrogen (secondary N) is 1. The first-order valence-corrected chi connectivity index (χ1v) is 10.8. The Labute approximate surface area is 164 Å². The Morgan fingerprint density at radius 3 is 2.38 bits per heavy atom. The van der Waals surface area contributed by atoms with Gasteiger partial charge < -0.3 is 10.1 Å². The summed E-state index contributed by atoms with van der Waals surface area (Å²) < 4.78 is 33.2. The molecule has 1 N–H and O–H groups in total. The smallest absolute Gasteiger partial charge is 0.243 e. The Morgan fingerprint density at radius 1 is 1.19 bits per heavy atom. The summed E-state index contributed by atoms with van der Waals surface area (Å²) in [5.41, 5.74) is 0.857. The molecule has 0 aromatic heterocycles. The first-order chi connectivity index (χ1) is 11.9. The van der Waals surface area contributed by atoms with Crippen molar-refractivity contribution in [1.82, 2.24) is 9.62 Å². The predicted molar refractivity (Wildman–Crippen MR) is 107 cm³/mol. The highest BCUT2D eigenvalue weighted by atomic mass is 35.5. The first-order valence-electron chi connectivity index (χ1n) is 9.37. The van der Waals surface area contributed by atoms with E-state index in [4.69, 9.17) is 4.74 Å². The quantitative estimate of drug-likeness (QED) is 0.759. The normalized spacial score (nSPS) is 19.4. The fraction of sp³-hybridized carbons (Fsp3) is 0.684. The van der Waals surface area contributed by atoms with E-state index in [0.717, 1.165) is 36.6 Å². The van der Waals surface area contributed by atoms with E-state index in [1.54, 1.807) is 22.5 Å². The summed E-state index contributed by atoms with van der Waals surface area (Å²) in [4.78, 5) is 0.366. The van der Waals surface area contributed by atoms with Crippen LogP contribution in [0, 0.1) is 12.8 Å². The fourth-order valence-electron chi connectivity index (χ4n) is 3.27. The molecular weight excluding hydrogens is 372 g/mol. The molecule has 0 amide bonds. The van der Waals surface area contributed by atoms with Crippen molar-refractivity contribution >= 4 is 22.4 Å². The number of halogens is 1. The highest BCUT2D eigenvalue weighted by Crippen LogP contribution is 2.29. The molecule has 148 valence electrons. The molecule has 0 bridgehead atoms. The van der Waals surface area contributed by atoms with Crippen LogP contribution in [0.25, 0.3) is 0 Å². The molecule has 2 aliphatic rings. The van der Waals surface area contributed by atoms with Gasteiger partial charge in [0.15, 0.2) is 0 Å². The Bertz CT molecular complexity index is 697. The Kier molecular flexibility index (Phi) is 7.36. The van der Waals surface area contributed by atoms with Crippen molar-refractivity contribution < 1.29 is 13.2 Å². The van der Waals surface area contributed by atoms with Gasteiger partial charge >= 0.3 is 0 Å². The topological polar surface area (TPSA) is 58.6 Å². The average Bonchev–Trinajstić information content (AvgIpc) is 3.39. The van der Waals surface area contributed by atoms with Gasteiger partial charge in [0.25, 0.3) is 0 Å². The molecule has 1 aliphatic heterocycles. The molecule has 3 rings (SSSR count). The van der Waals surface area contributed by atoms with Crippen LogP contribution in [-0.4, -0.2) is 44.5 Å². The molecule has 0 radical (unpaired) electrons. The van der Waals surface area contributed by atoms with Crippen molar-refractivity contribution in [2.24, 2.45) is 5.92 Å². The molecule has 1 heterocycles. The fourth-order valence-corrected chi connectivity index (χ4v) is 4.83. The standard InChI is InChI=1S/C19H30N2O3S.ClH/c1-14(2)24-19-7-6-18(12-15(19)3)25(22,23)21-10-8-17(9-11-21)20-13-16-4-5-16;/h6-7,12,14,16-17,20H,4-5,8-11,13H2,1-3H3;1H. The van der Waals surface area contributed by atoms with E-state index < -0.39 is 10.0 Å². The number of rotatable bonds is 7. The molecule has 1 aromatic rings. The second-order valence-electron chi connectivity index (χ2n) is 7.62. The van der Waals surface area contributed by atoms with Crippen LogP contribution < -0.4 is 10.1 Å². The second kappa shape index (κ2) is 8.91. The summed E-state index contributed by atoms with van der Waals surface area (Å²) in [5, 5.41) is 3.59. The van der Waals surface area contributed by atoms with E-state index in [0.29, 0.717) is 24.0 Å².